The fourth-order valence-corrected chi connectivity index (χ4v) is 1.05. The van der Waals surface area contributed by atoms with Crippen LogP contribution < -0.4 is 5.32 Å². The fourth-order valence-electron chi connectivity index (χ4n) is 1.05. The molecule has 0 saturated carbocycles. The highest BCUT2D eigenvalue weighted by atomic mass is 16.5. The van der Waals surface area contributed by atoms with Crippen LogP contribution in [0.25, 0.3) is 0 Å². The number of aliphatic carboxylic acids is 1. The van der Waals surface area contributed by atoms with Crippen LogP contribution in [0.1, 0.15) is 26.7 Å². The minimum Gasteiger partial charge on any atom is -0.480 e. The molecular formula is C11H21NO5. The summed E-state index contributed by atoms with van der Waals surface area (Å²) >= 11 is 0. The standard InChI is InChI=1S/C11H21NO5/c1-3-16-6-4-7-17-8-5-10(13)12-9(2)11(14)15/h9H,3-8H2,1-2H3,(H,12,13)(H,14,15)/t9-/m0/s1. The Morgan fingerprint density at radius 3 is 2.47 bits per heavy atom. The first-order valence-corrected chi connectivity index (χ1v) is 5.75. The summed E-state index contributed by atoms with van der Waals surface area (Å²) in [5.41, 5.74) is 0. The van der Waals surface area contributed by atoms with Crippen LogP contribution in [0, 0.1) is 0 Å². The summed E-state index contributed by atoms with van der Waals surface area (Å²) in [4.78, 5) is 21.7. The van der Waals surface area contributed by atoms with Gasteiger partial charge in [-0.15, -0.1) is 0 Å². The van der Waals surface area contributed by atoms with Gasteiger partial charge in [0.05, 0.1) is 6.61 Å². The van der Waals surface area contributed by atoms with Crippen molar-refractivity contribution in [2.24, 2.45) is 0 Å². The van der Waals surface area contributed by atoms with Crippen LogP contribution in [-0.2, 0) is 19.1 Å². The Morgan fingerprint density at radius 1 is 1.24 bits per heavy atom. The second-order valence-electron chi connectivity index (χ2n) is 3.54. The Labute approximate surface area is 101 Å². The smallest absolute Gasteiger partial charge is 0.325 e. The number of carboxylic acids is 1. The molecule has 0 radical (unpaired) electrons. The third-order valence-electron chi connectivity index (χ3n) is 2.00. The molecule has 0 rings (SSSR count). The number of rotatable bonds is 10. The Morgan fingerprint density at radius 2 is 1.88 bits per heavy atom. The second-order valence-corrected chi connectivity index (χ2v) is 3.54. The van der Waals surface area contributed by atoms with Gasteiger partial charge < -0.3 is 19.9 Å². The maximum absolute atomic E-state index is 11.2. The SMILES string of the molecule is CCOCCCOCCC(=O)N[C@@H](C)C(=O)O. The van der Waals surface area contributed by atoms with Gasteiger partial charge in [-0.25, -0.2) is 0 Å². The van der Waals surface area contributed by atoms with Crippen molar-refractivity contribution in [2.45, 2.75) is 32.7 Å². The van der Waals surface area contributed by atoms with Gasteiger partial charge in [0.1, 0.15) is 6.04 Å². The first-order chi connectivity index (χ1) is 8.07. The predicted octanol–water partition coefficient (Wildman–Crippen LogP) is 0.409. The quantitative estimate of drug-likeness (QED) is 0.546. The number of carbonyl (C=O) groups excluding carboxylic acids is 1. The van der Waals surface area contributed by atoms with E-state index in [1.807, 2.05) is 6.92 Å². The largest absolute Gasteiger partial charge is 0.480 e. The predicted molar refractivity (Wildman–Crippen MR) is 61.8 cm³/mol. The summed E-state index contributed by atoms with van der Waals surface area (Å²) < 4.78 is 10.3. The molecule has 0 aromatic heterocycles. The molecule has 6 heteroatoms. The van der Waals surface area contributed by atoms with Crippen molar-refractivity contribution in [3.05, 3.63) is 0 Å². The molecule has 0 saturated heterocycles. The van der Waals surface area contributed by atoms with E-state index in [1.165, 1.54) is 6.92 Å². The lowest BCUT2D eigenvalue weighted by atomic mass is 10.3. The summed E-state index contributed by atoms with van der Waals surface area (Å²) in [6.07, 6.45) is 0.966. The van der Waals surface area contributed by atoms with E-state index in [9.17, 15) is 9.59 Å². The summed E-state index contributed by atoms with van der Waals surface area (Å²) in [6, 6.07) is -0.861. The van der Waals surface area contributed by atoms with Gasteiger partial charge in [-0.1, -0.05) is 0 Å². The molecule has 0 aromatic rings. The van der Waals surface area contributed by atoms with Crippen molar-refractivity contribution in [3.63, 3.8) is 0 Å². The number of hydrogen-bond donors (Lipinski definition) is 2. The highest BCUT2D eigenvalue weighted by Crippen LogP contribution is 1.90. The van der Waals surface area contributed by atoms with Crippen molar-refractivity contribution in [3.8, 4) is 0 Å². The zero-order valence-corrected chi connectivity index (χ0v) is 10.4. The normalized spacial score (nSPS) is 12.1. The molecule has 1 amide bonds. The minimum atomic E-state index is -1.05. The molecule has 0 aromatic carbocycles. The number of carbonyl (C=O) groups is 2. The molecule has 2 N–H and O–H groups in total. The van der Waals surface area contributed by atoms with Crippen LogP contribution in [0.5, 0.6) is 0 Å². The molecule has 100 valence electrons. The lowest BCUT2D eigenvalue weighted by molar-refractivity contribution is -0.141. The van der Waals surface area contributed by atoms with Gasteiger partial charge in [-0.05, 0) is 20.3 Å². The Kier molecular flexibility index (Phi) is 9.37. The molecule has 0 aliphatic rings. The molecule has 0 aliphatic heterocycles. The molecule has 0 heterocycles. The highest BCUT2D eigenvalue weighted by molar-refractivity contribution is 5.83. The Bertz CT molecular complexity index is 232. The van der Waals surface area contributed by atoms with Gasteiger partial charge in [-0.3, -0.25) is 9.59 Å². The van der Waals surface area contributed by atoms with Gasteiger partial charge in [0, 0.05) is 26.2 Å². The molecule has 6 nitrogen and oxygen atoms in total. The maximum atomic E-state index is 11.2. The van der Waals surface area contributed by atoms with Crippen LogP contribution >= 0.6 is 0 Å². The van der Waals surface area contributed by atoms with E-state index in [0.29, 0.717) is 26.4 Å². The van der Waals surface area contributed by atoms with E-state index in [4.69, 9.17) is 14.6 Å². The molecule has 0 fully saturated rings. The van der Waals surface area contributed by atoms with E-state index in [0.717, 1.165) is 6.42 Å². The van der Waals surface area contributed by atoms with Crippen LogP contribution in [-0.4, -0.2) is 49.5 Å². The summed E-state index contributed by atoms with van der Waals surface area (Å²) in [6.45, 7) is 5.53. The highest BCUT2D eigenvalue weighted by Gasteiger charge is 2.13. The van der Waals surface area contributed by atoms with Crippen molar-refractivity contribution in [1.29, 1.82) is 0 Å². The second kappa shape index (κ2) is 10.0. The first kappa shape index (κ1) is 15.9. The van der Waals surface area contributed by atoms with Crippen LogP contribution in [0.15, 0.2) is 0 Å². The van der Waals surface area contributed by atoms with E-state index in [2.05, 4.69) is 5.32 Å². The molecule has 0 bridgehead atoms. The van der Waals surface area contributed by atoms with Crippen LogP contribution in [0.2, 0.25) is 0 Å². The first-order valence-electron chi connectivity index (χ1n) is 5.75. The van der Waals surface area contributed by atoms with Crippen molar-refractivity contribution < 1.29 is 24.2 Å². The average Bonchev–Trinajstić information content (AvgIpc) is 2.27. The summed E-state index contributed by atoms with van der Waals surface area (Å²) in [5.74, 6) is -1.36. The number of carboxylic acid groups (broad SMARTS) is 1. The molecule has 17 heavy (non-hydrogen) atoms. The Balaban J connectivity index is 3.36. The topological polar surface area (TPSA) is 84.9 Å². The fraction of sp³-hybridized carbons (Fsp3) is 0.818. The van der Waals surface area contributed by atoms with Gasteiger partial charge >= 0.3 is 5.97 Å². The zero-order chi connectivity index (χ0) is 13.1. The van der Waals surface area contributed by atoms with Crippen LogP contribution in [0.3, 0.4) is 0 Å². The third-order valence-corrected chi connectivity index (χ3v) is 2.00. The average molecular weight is 247 g/mol. The Hall–Kier alpha value is -1.14. The van der Waals surface area contributed by atoms with E-state index < -0.39 is 12.0 Å². The van der Waals surface area contributed by atoms with Crippen molar-refractivity contribution >= 4 is 11.9 Å². The monoisotopic (exact) mass is 247 g/mol. The maximum Gasteiger partial charge on any atom is 0.325 e. The molecular weight excluding hydrogens is 226 g/mol. The van der Waals surface area contributed by atoms with Gasteiger partial charge in [0.2, 0.25) is 5.91 Å². The van der Waals surface area contributed by atoms with E-state index in [-0.39, 0.29) is 12.3 Å². The van der Waals surface area contributed by atoms with Gasteiger partial charge in [-0.2, -0.15) is 0 Å². The number of ether oxygens (including phenoxy) is 2. The third kappa shape index (κ3) is 9.77. The lowest BCUT2D eigenvalue weighted by Crippen LogP contribution is -2.38. The molecule has 0 unspecified atom stereocenters. The summed E-state index contributed by atoms with van der Waals surface area (Å²) in [7, 11) is 0. The van der Waals surface area contributed by atoms with Crippen molar-refractivity contribution in [2.75, 3.05) is 26.4 Å². The molecule has 0 spiro atoms. The van der Waals surface area contributed by atoms with Crippen molar-refractivity contribution in [1.82, 2.24) is 5.32 Å². The lowest BCUT2D eigenvalue weighted by Gasteiger charge is -2.09. The van der Waals surface area contributed by atoms with Crippen LogP contribution in [0.4, 0.5) is 0 Å². The van der Waals surface area contributed by atoms with E-state index in [1.54, 1.807) is 0 Å². The number of amides is 1. The minimum absolute atomic E-state index is 0.173. The summed E-state index contributed by atoms with van der Waals surface area (Å²) in [5, 5.41) is 10.9. The number of nitrogens with one attached hydrogen (secondary N) is 1. The van der Waals surface area contributed by atoms with E-state index >= 15 is 0 Å². The molecule has 1 atom stereocenters. The van der Waals surface area contributed by atoms with Gasteiger partial charge in [0.25, 0.3) is 0 Å². The zero-order valence-electron chi connectivity index (χ0n) is 10.4. The molecule has 0 aliphatic carbocycles. The van der Waals surface area contributed by atoms with Gasteiger partial charge in [0.15, 0.2) is 0 Å². The number of hydrogen-bond acceptors (Lipinski definition) is 4.